The van der Waals surface area contributed by atoms with Gasteiger partial charge in [-0.1, -0.05) is 90.9 Å². The Morgan fingerprint density at radius 2 is 1.48 bits per heavy atom. The number of hydrogen-bond donors (Lipinski definition) is 7. The number of likely N-dealkylation sites (tertiary alicyclic amines) is 1. The fraction of sp³-hybridized carbons (Fsp3) is 0.655. The first-order valence-corrected chi connectivity index (χ1v) is 30.2. The Labute approximate surface area is 531 Å². The van der Waals surface area contributed by atoms with Crippen molar-refractivity contribution in [1.82, 2.24) is 26.2 Å². The van der Waals surface area contributed by atoms with Crippen molar-refractivity contribution in [2.24, 2.45) is 17.1 Å². The summed E-state index contributed by atoms with van der Waals surface area (Å²) in [5.74, 6) is -1.04. The molecule has 0 aromatic heterocycles. The molecule has 2 unspecified atom stereocenters. The van der Waals surface area contributed by atoms with Gasteiger partial charge in [0.1, 0.15) is 6.04 Å². The van der Waals surface area contributed by atoms with Crippen LogP contribution in [0.1, 0.15) is 151 Å². The summed E-state index contributed by atoms with van der Waals surface area (Å²) < 4.78 is 22.0. The number of carbonyl (C=O) groups is 6. The van der Waals surface area contributed by atoms with E-state index in [1.807, 2.05) is 72.7 Å². The van der Waals surface area contributed by atoms with Gasteiger partial charge in [-0.3, -0.25) is 33.7 Å². The molecule has 0 bridgehead atoms. The number of amides is 6. The van der Waals surface area contributed by atoms with Crippen LogP contribution in [0.5, 0.6) is 0 Å². The molecular weight excluding hydrogens is 1100 g/mol. The smallest absolute Gasteiger partial charge is 0.533 e. The summed E-state index contributed by atoms with van der Waals surface area (Å²) >= 11 is 1.36. The SMILES string of the molecule is CC.COP(O)OCCCSC1CC(=O)N(CC[N-]OCCC(=O)Nc2ccccc2/C(NCCC(=O)N[C@@H](CCC(=O)NCC(C)(C)OCCC(C)C)C(=O)NCCC(C)(C)OCCC(C)(C)C)=C(/N)c2ccccc2C)C1=O.[K+]. The van der Waals surface area contributed by atoms with Crippen LogP contribution in [0.4, 0.5) is 5.69 Å². The topological polar surface area (TPSA) is 272 Å². The predicted molar refractivity (Wildman–Crippen MR) is 320 cm³/mol. The number of para-hydroxylation sites is 1. The van der Waals surface area contributed by atoms with Crippen molar-refractivity contribution in [3.63, 3.8) is 0 Å². The van der Waals surface area contributed by atoms with Crippen molar-refractivity contribution in [3.05, 3.63) is 70.7 Å². The van der Waals surface area contributed by atoms with Gasteiger partial charge in [0.25, 0.3) is 0 Å². The quantitative estimate of drug-likeness (QED) is 0.0109. The Hall–Kier alpha value is -3.06. The Balaban J connectivity index is 0.0000108. The number of benzene rings is 2. The van der Waals surface area contributed by atoms with E-state index < -0.39 is 42.9 Å². The Morgan fingerprint density at radius 1 is 0.815 bits per heavy atom. The molecule has 0 spiro atoms. The van der Waals surface area contributed by atoms with E-state index in [0.29, 0.717) is 66.9 Å². The van der Waals surface area contributed by atoms with Gasteiger partial charge in [0.15, 0.2) is 0 Å². The number of ether oxygens (including phenoxy) is 2. The van der Waals surface area contributed by atoms with Gasteiger partial charge in [0.05, 0.1) is 40.1 Å². The van der Waals surface area contributed by atoms with Gasteiger partial charge in [0, 0.05) is 89.9 Å². The van der Waals surface area contributed by atoms with E-state index in [9.17, 15) is 33.7 Å². The Morgan fingerprint density at radius 3 is 2.15 bits per heavy atom. The number of anilines is 1. The summed E-state index contributed by atoms with van der Waals surface area (Å²) in [5.41, 5.74) is 13.4. The summed E-state index contributed by atoms with van der Waals surface area (Å²) in [4.78, 5) is 95.5. The number of aryl methyl sites for hydroxylation is 1. The molecule has 81 heavy (non-hydrogen) atoms. The fourth-order valence-corrected chi connectivity index (χ4v) is 9.21. The second kappa shape index (κ2) is 40.3. The average molecular weight is 1200 g/mol. The minimum Gasteiger partial charge on any atom is -0.533 e. The summed E-state index contributed by atoms with van der Waals surface area (Å²) in [7, 11) is -0.564. The zero-order valence-corrected chi connectivity index (χ0v) is 55.9. The van der Waals surface area contributed by atoms with Crippen molar-refractivity contribution in [2.75, 3.05) is 77.3 Å². The van der Waals surface area contributed by atoms with Crippen LogP contribution in [-0.2, 0) is 52.1 Å². The molecule has 1 aliphatic heterocycles. The molecule has 2 aromatic rings. The van der Waals surface area contributed by atoms with Crippen LogP contribution in [0.15, 0.2) is 48.5 Å². The summed E-state index contributed by atoms with van der Waals surface area (Å²) in [6.45, 7) is 26.5. The molecule has 8 N–H and O–H groups in total. The minimum absolute atomic E-state index is 0. The summed E-state index contributed by atoms with van der Waals surface area (Å²) in [6.07, 6.45) is 2.85. The van der Waals surface area contributed by atoms with Crippen LogP contribution in [0.3, 0.4) is 0 Å². The second-order valence-electron chi connectivity index (χ2n) is 22.1. The number of rotatable bonds is 38. The van der Waals surface area contributed by atoms with Crippen LogP contribution < -0.4 is 83.7 Å². The van der Waals surface area contributed by atoms with Gasteiger partial charge >= 0.3 is 60.0 Å². The predicted octanol–water partition coefficient (Wildman–Crippen LogP) is 5.52. The molecule has 6 amide bonds. The molecule has 452 valence electrons. The molecule has 1 heterocycles. The first-order valence-electron chi connectivity index (χ1n) is 28.0. The molecule has 0 aliphatic carbocycles. The number of thioether (sulfide) groups is 1. The molecule has 0 radical (unpaired) electrons. The third kappa shape index (κ3) is 31.6. The Bertz CT molecular complexity index is 2270. The largest absolute Gasteiger partial charge is 1.00 e. The van der Waals surface area contributed by atoms with Crippen molar-refractivity contribution in [3.8, 4) is 0 Å². The zero-order valence-electron chi connectivity index (χ0n) is 51.1. The molecule has 3 rings (SSSR count). The van der Waals surface area contributed by atoms with Crippen molar-refractivity contribution >= 4 is 72.9 Å². The Kier molecular flexibility index (Phi) is 37.8. The minimum atomic E-state index is -1.91. The molecule has 1 saturated heterocycles. The number of nitrogens with one attached hydrogen (secondary N) is 5. The van der Waals surface area contributed by atoms with Gasteiger partial charge in [-0.2, -0.15) is 0 Å². The van der Waals surface area contributed by atoms with Gasteiger partial charge in [-0.15, -0.1) is 18.3 Å². The van der Waals surface area contributed by atoms with Crippen LogP contribution >= 0.6 is 20.4 Å². The van der Waals surface area contributed by atoms with Gasteiger partial charge in [-0.05, 0) is 95.4 Å². The third-order valence-electron chi connectivity index (χ3n) is 12.5. The molecular formula is C58H96KN8O12PS. The van der Waals surface area contributed by atoms with E-state index in [-0.39, 0.29) is 152 Å². The van der Waals surface area contributed by atoms with E-state index in [0.717, 1.165) is 24.0 Å². The fourth-order valence-electron chi connectivity index (χ4n) is 7.72. The molecule has 1 fully saturated rings. The standard InChI is InChI=1S/C56H90N8O12PS.C2H6.K/c1-39(2)24-33-73-56(9,10)38-60-46(65)22-21-44(52(69)59-29-26-55(7,8)74-35-27-54(4,5)6)63-47(66)23-28-58-51(50(57)41-18-13-12-17-40(41)3)42-19-14-15-20-43(42)62-48(67)25-34-75-61-30-31-64-49(68)37-45(53(64)70)78-36-16-32-76-77(71)72-11;1-2;/h12-15,17-20,39,44-45,58,71H,16,21-38,57H2,1-11H3,(H,59,69)(H,60,65)(H,62,67)(H,63,66);1-2H3;/q-1;;+1/b51-50-;;/t44-,45?,77?;;/m0../s1. The first kappa shape index (κ1) is 75.9. The summed E-state index contributed by atoms with van der Waals surface area (Å²) in [5, 5.41) is 14.5. The number of hydroxylamine groups is 1. The number of nitrogens with zero attached hydrogens (tertiary/aromatic N) is 2. The van der Waals surface area contributed by atoms with Crippen LogP contribution in [0.2, 0.25) is 0 Å². The maximum atomic E-state index is 13.8. The normalized spacial score (nSPS) is 14.8. The monoisotopic (exact) mass is 1200 g/mol. The number of carbonyl (C=O) groups excluding carboxylic acids is 6. The van der Waals surface area contributed by atoms with Crippen molar-refractivity contribution < 1.29 is 108 Å². The molecule has 3 atom stereocenters. The van der Waals surface area contributed by atoms with Crippen LogP contribution in [0.25, 0.3) is 16.9 Å². The molecule has 20 nitrogen and oxygen atoms in total. The van der Waals surface area contributed by atoms with Crippen LogP contribution in [-0.4, -0.2) is 140 Å². The van der Waals surface area contributed by atoms with Crippen LogP contribution in [0, 0.1) is 18.3 Å². The molecule has 23 heteroatoms. The molecule has 0 saturated carbocycles. The van der Waals surface area contributed by atoms with Gasteiger partial charge < -0.3 is 66.0 Å². The number of nitrogens with two attached hydrogens (primary N) is 1. The van der Waals surface area contributed by atoms with E-state index in [2.05, 4.69) is 66.7 Å². The average Bonchev–Trinajstić information content (AvgIpc) is 3.66. The first-order chi connectivity index (χ1) is 37.8. The maximum Gasteiger partial charge on any atom is 1.00 e. The number of imide groups is 1. The van der Waals surface area contributed by atoms with E-state index in [4.69, 9.17) is 29.1 Å². The van der Waals surface area contributed by atoms with Gasteiger partial charge in [0.2, 0.25) is 35.4 Å². The van der Waals surface area contributed by atoms with E-state index in [1.165, 1.54) is 23.8 Å². The van der Waals surface area contributed by atoms with Crippen molar-refractivity contribution in [2.45, 2.75) is 163 Å². The van der Waals surface area contributed by atoms with Gasteiger partial charge in [-0.25, -0.2) is 0 Å². The second-order valence-corrected chi connectivity index (χ2v) is 24.5. The molecule has 1 aliphatic rings. The van der Waals surface area contributed by atoms with E-state index in [1.54, 1.807) is 24.3 Å². The zero-order chi connectivity index (χ0) is 59.9. The number of hydrogen-bond acceptors (Lipinski definition) is 15. The van der Waals surface area contributed by atoms with E-state index >= 15 is 0 Å². The van der Waals surface area contributed by atoms with Crippen molar-refractivity contribution in [1.29, 1.82) is 0 Å². The molecule has 2 aromatic carbocycles. The third-order valence-corrected chi connectivity index (χ3v) is 14.5. The maximum absolute atomic E-state index is 13.8. The summed E-state index contributed by atoms with van der Waals surface area (Å²) in [6, 6.07) is 13.6.